The van der Waals surface area contributed by atoms with Gasteiger partial charge in [-0.15, -0.1) is 0 Å². The van der Waals surface area contributed by atoms with Crippen molar-refractivity contribution in [1.82, 2.24) is 15.0 Å². The van der Waals surface area contributed by atoms with Gasteiger partial charge in [-0.2, -0.15) is 0 Å². The Balaban J connectivity index is 1.39. The number of rotatable bonds is 4. The molecule has 2 aromatic heterocycles. The summed E-state index contributed by atoms with van der Waals surface area (Å²) in [7, 11) is 0. The summed E-state index contributed by atoms with van der Waals surface area (Å²) in [6.45, 7) is 3.96. The first-order chi connectivity index (χ1) is 16.0. The molecule has 1 fully saturated rings. The first-order valence-electron chi connectivity index (χ1n) is 11.0. The van der Waals surface area contributed by atoms with Crippen LogP contribution in [0, 0.1) is 25.7 Å². The second kappa shape index (κ2) is 8.53. The fraction of sp³-hybridized carbons (Fsp3) is 0.222. The molecule has 0 unspecified atom stereocenters. The number of benzene rings is 2. The standard InChI is InChI=1S/C27H25N5O/c1-18-14-21(6-9-25(18)33-22-7-4-19(2)29-16-22)32-26-23-15-20(5-8-24(23)30-17-31-26)10-13-27(28)11-3-12-27/h4-9,14-17H,3,11-12,28H2,1-2H3,(H,30,31,32). The van der Waals surface area contributed by atoms with Crippen molar-refractivity contribution in [3.63, 3.8) is 0 Å². The van der Waals surface area contributed by atoms with E-state index in [1.54, 1.807) is 12.5 Å². The van der Waals surface area contributed by atoms with E-state index in [1.165, 1.54) is 0 Å². The molecule has 4 aromatic rings. The first kappa shape index (κ1) is 20.9. The molecule has 0 atom stereocenters. The average Bonchev–Trinajstić information content (AvgIpc) is 2.80. The lowest BCUT2D eigenvalue weighted by Gasteiger charge is -2.32. The van der Waals surface area contributed by atoms with Gasteiger partial charge in [0.05, 0.1) is 17.3 Å². The number of nitrogens with two attached hydrogens (primary N) is 1. The number of ether oxygens (including phenoxy) is 1. The molecule has 0 saturated heterocycles. The Morgan fingerprint density at radius 1 is 1.00 bits per heavy atom. The summed E-state index contributed by atoms with van der Waals surface area (Å²) >= 11 is 0. The minimum absolute atomic E-state index is 0.334. The minimum Gasteiger partial charge on any atom is -0.455 e. The molecule has 6 heteroatoms. The molecule has 0 aliphatic heterocycles. The number of hydrogen-bond donors (Lipinski definition) is 2. The molecule has 1 aliphatic carbocycles. The monoisotopic (exact) mass is 435 g/mol. The summed E-state index contributed by atoms with van der Waals surface area (Å²) in [5.74, 6) is 8.68. The van der Waals surface area contributed by atoms with Gasteiger partial charge in [0.2, 0.25) is 0 Å². The van der Waals surface area contributed by atoms with Crippen LogP contribution in [0.3, 0.4) is 0 Å². The zero-order valence-electron chi connectivity index (χ0n) is 18.7. The molecule has 1 saturated carbocycles. The number of nitrogens with one attached hydrogen (secondary N) is 1. The fourth-order valence-electron chi connectivity index (χ4n) is 3.73. The van der Waals surface area contributed by atoms with Crippen molar-refractivity contribution in [3.8, 4) is 23.3 Å². The number of nitrogens with zero attached hydrogens (tertiary/aromatic N) is 3. The molecule has 0 spiro atoms. The number of aromatic nitrogens is 3. The van der Waals surface area contributed by atoms with Gasteiger partial charge in [-0.1, -0.05) is 11.8 Å². The zero-order chi connectivity index (χ0) is 22.8. The highest BCUT2D eigenvalue weighted by Gasteiger charge is 2.30. The maximum absolute atomic E-state index is 6.25. The smallest absolute Gasteiger partial charge is 0.145 e. The SMILES string of the molecule is Cc1ccc(Oc2ccc(Nc3ncnc4ccc(C#CC5(N)CCC5)cc34)cc2C)cn1. The molecule has 0 bridgehead atoms. The third kappa shape index (κ3) is 4.64. The van der Waals surface area contributed by atoms with Gasteiger partial charge in [0.1, 0.15) is 23.6 Å². The molecule has 2 aromatic carbocycles. The molecule has 5 rings (SSSR count). The predicted molar refractivity (Wildman–Crippen MR) is 131 cm³/mol. The third-order valence-corrected chi connectivity index (χ3v) is 5.89. The molecule has 0 amide bonds. The highest BCUT2D eigenvalue weighted by atomic mass is 16.5. The summed E-state index contributed by atoms with van der Waals surface area (Å²) in [5.41, 5.74) is 10.5. The first-order valence-corrected chi connectivity index (χ1v) is 11.0. The van der Waals surface area contributed by atoms with E-state index in [1.807, 2.05) is 62.4 Å². The van der Waals surface area contributed by atoms with Crippen molar-refractivity contribution in [2.75, 3.05) is 5.32 Å². The Morgan fingerprint density at radius 3 is 2.61 bits per heavy atom. The second-order valence-electron chi connectivity index (χ2n) is 8.56. The Morgan fingerprint density at radius 2 is 1.88 bits per heavy atom. The van der Waals surface area contributed by atoms with Crippen LogP contribution < -0.4 is 15.8 Å². The van der Waals surface area contributed by atoms with Crippen molar-refractivity contribution in [1.29, 1.82) is 0 Å². The molecular formula is C27H25N5O. The van der Waals surface area contributed by atoms with Gasteiger partial charge in [-0.3, -0.25) is 4.98 Å². The minimum atomic E-state index is -0.334. The van der Waals surface area contributed by atoms with Crippen LogP contribution in [-0.2, 0) is 0 Å². The number of aryl methyl sites for hydroxylation is 2. The van der Waals surface area contributed by atoms with Crippen LogP contribution in [0.5, 0.6) is 11.5 Å². The van der Waals surface area contributed by atoms with Gasteiger partial charge >= 0.3 is 0 Å². The molecule has 2 heterocycles. The molecule has 6 nitrogen and oxygen atoms in total. The molecule has 33 heavy (non-hydrogen) atoms. The molecule has 0 radical (unpaired) electrons. The van der Waals surface area contributed by atoms with Crippen LogP contribution in [0.25, 0.3) is 10.9 Å². The van der Waals surface area contributed by atoms with E-state index in [2.05, 4.69) is 32.1 Å². The van der Waals surface area contributed by atoms with Gasteiger partial charge < -0.3 is 15.8 Å². The summed E-state index contributed by atoms with van der Waals surface area (Å²) in [4.78, 5) is 13.1. The van der Waals surface area contributed by atoms with Crippen molar-refractivity contribution < 1.29 is 4.74 Å². The van der Waals surface area contributed by atoms with Crippen molar-refractivity contribution in [2.24, 2.45) is 5.73 Å². The van der Waals surface area contributed by atoms with E-state index in [0.29, 0.717) is 5.75 Å². The van der Waals surface area contributed by atoms with Crippen molar-refractivity contribution in [3.05, 3.63) is 77.9 Å². The van der Waals surface area contributed by atoms with Crippen molar-refractivity contribution >= 4 is 22.4 Å². The number of hydrogen-bond acceptors (Lipinski definition) is 6. The topological polar surface area (TPSA) is 86.0 Å². The van der Waals surface area contributed by atoms with Crippen LogP contribution in [0.1, 0.15) is 36.1 Å². The van der Waals surface area contributed by atoms with Gasteiger partial charge in [-0.25, -0.2) is 9.97 Å². The van der Waals surface area contributed by atoms with Crippen LogP contribution in [-0.4, -0.2) is 20.5 Å². The Kier molecular flexibility index (Phi) is 5.41. The van der Waals surface area contributed by atoms with Gasteiger partial charge in [0.15, 0.2) is 0 Å². The third-order valence-electron chi connectivity index (χ3n) is 5.89. The van der Waals surface area contributed by atoms with Crippen LogP contribution >= 0.6 is 0 Å². The van der Waals surface area contributed by atoms with Gasteiger partial charge in [-0.05, 0) is 87.2 Å². The highest BCUT2D eigenvalue weighted by Crippen LogP contribution is 2.30. The average molecular weight is 436 g/mol. The summed E-state index contributed by atoms with van der Waals surface area (Å²) in [6.07, 6.45) is 6.36. The quantitative estimate of drug-likeness (QED) is 0.417. The van der Waals surface area contributed by atoms with E-state index in [0.717, 1.165) is 64.2 Å². The lowest BCUT2D eigenvalue weighted by Crippen LogP contribution is -2.44. The molecule has 3 N–H and O–H groups in total. The number of anilines is 2. The summed E-state index contributed by atoms with van der Waals surface area (Å²) in [6, 6.07) is 15.7. The maximum atomic E-state index is 6.25. The predicted octanol–water partition coefficient (Wildman–Crippen LogP) is 5.41. The van der Waals surface area contributed by atoms with Crippen LogP contribution in [0.15, 0.2) is 61.1 Å². The van der Waals surface area contributed by atoms with E-state index in [4.69, 9.17) is 10.5 Å². The highest BCUT2D eigenvalue weighted by molar-refractivity contribution is 5.91. The van der Waals surface area contributed by atoms with E-state index >= 15 is 0 Å². The van der Waals surface area contributed by atoms with Gasteiger partial charge in [0.25, 0.3) is 0 Å². The maximum Gasteiger partial charge on any atom is 0.145 e. The second-order valence-corrected chi connectivity index (χ2v) is 8.56. The normalized spacial score (nSPS) is 14.2. The Hall–Kier alpha value is -3.95. The molecule has 164 valence electrons. The lowest BCUT2D eigenvalue weighted by atomic mass is 9.78. The number of pyridine rings is 1. The van der Waals surface area contributed by atoms with Crippen LogP contribution in [0.2, 0.25) is 0 Å². The molecule has 1 aliphatic rings. The van der Waals surface area contributed by atoms with E-state index < -0.39 is 0 Å². The van der Waals surface area contributed by atoms with Crippen molar-refractivity contribution in [2.45, 2.75) is 38.6 Å². The molecular weight excluding hydrogens is 410 g/mol. The fourth-order valence-corrected chi connectivity index (χ4v) is 3.73. The Bertz CT molecular complexity index is 1380. The largest absolute Gasteiger partial charge is 0.455 e. The lowest BCUT2D eigenvalue weighted by molar-refractivity contribution is 0.330. The van der Waals surface area contributed by atoms with Crippen LogP contribution in [0.4, 0.5) is 11.5 Å². The zero-order valence-corrected chi connectivity index (χ0v) is 18.7. The van der Waals surface area contributed by atoms with E-state index in [9.17, 15) is 0 Å². The Labute approximate surface area is 193 Å². The van der Waals surface area contributed by atoms with E-state index in [-0.39, 0.29) is 5.54 Å². The summed E-state index contributed by atoms with van der Waals surface area (Å²) in [5, 5.41) is 4.33. The van der Waals surface area contributed by atoms with Gasteiger partial charge in [0, 0.05) is 22.3 Å². The summed E-state index contributed by atoms with van der Waals surface area (Å²) < 4.78 is 5.98. The number of fused-ring (bicyclic) bond motifs is 1.